The third-order valence-electron chi connectivity index (χ3n) is 3.36. The fourth-order valence-electron chi connectivity index (χ4n) is 2.05. The van der Waals surface area contributed by atoms with Crippen LogP contribution in [0.4, 0.5) is 16.2 Å². The number of benzene rings is 1. The molecule has 0 heterocycles. The van der Waals surface area contributed by atoms with Gasteiger partial charge in [-0.2, -0.15) is 0 Å². The lowest BCUT2D eigenvalue weighted by atomic mass is 9.80. The molecule has 0 aromatic heterocycles. The molecular weight excluding hydrogens is 214 g/mol. The van der Waals surface area contributed by atoms with Gasteiger partial charge < -0.3 is 16.4 Å². The van der Waals surface area contributed by atoms with Crippen LogP contribution >= 0.6 is 0 Å². The highest BCUT2D eigenvalue weighted by atomic mass is 16.2. The standard InChI is InChI=1S/C13H19N3O/c1-9(10-4-2-5-10)15-13(17)16-12-7-3-6-11(14)8-12/h3,6-10H,2,4-5,14H2,1H3,(H2,15,16,17). The summed E-state index contributed by atoms with van der Waals surface area (Å²) < 4.78 is 0. The fourth-order valence-corrected chi connectivity index (χ4v) is 2.05. The Kier molecular flexibility index (Phi) is 3.52. The number of amides is 2. The van der Waals surface area contributed by atoms with Crippen LogP contribution in [0.5, 0.6) is 0 Å². The molecule has 1 aliphatic rings. The van der Waals surface area contributed by atoms with Crippen LogP contribution in [0.15, 0.2) is 24.3 Å². The van der Waals surface area contributed by atoms with Gasteiger partial charge in [-0.05, 0) is 43.9 Å². The zero-order valence-electron chi connectivity index (χ0n) is 10.1. The van der Waals surface area contributed by atoms with Gasteiger partial charge in [-0.25, -0.2) is 4.79 Å². The number of rotatable bonds is 3. The van der Waals surface area contributed by atoms with Gasteiger partial charge in [0.1, 0.15) is 0 Å². The number of urea groups is 1. The van der Waals surface area contributed by atoms with Crippen LogP contribution in [-0.4, -0.2) is 12.1 Å². The molecule has 0 radical (unpaired) electrons. The predicted octanol–water partition coefficient (Wildman–Crippen LogP) is 2.58. The Bertz CT molecular complexity index is 401. The van der Waals surface area contributed by atoms with Crippen LogP contribution in [0, 0.1) is 5.92 Å². The molecule has 1 aromatic carbocycles. The van der Waals surface area contributed by atoms with Crippen LogP contribution in [0.1, 0.15) is 26.2 Å². The van der Waals surface area contributed by atoms with E-state index in [1.807, 2.05) is 12.1 Å². The highest BCUT2D eigenvalue weighted by molar-refractivity contribution is 5.89. The van der Waals surface area contributed by atoms with Crippen molar-refractivity contribution in [3.05, 3.63) is 24.3 Å². The van der Waals surface area contributed by atoms with Crippen molar-refractivity contribution in [1.82, 2.24) is 5.32 Å². The Morgan fingerprint density at radius 3 is 2.82 bits per heavy atom. The summed E-state index contributed by atoms with van der Waals surface area (Å²) in [5.74, 6) is 0.640. The molecule has 0 bridgehead atoms. The quantitative estimate of drug-likeness (QED) is 0.702. The number of carbonyl (C=O) groups excluding carboxylic acids is 1. The minimum Gasteiger partial charge on any atom is -0.399 e. The Hall–Kier alpha value is -1.71. The van der Waals surface area contributed by atoms with Gasteiger partial charge in [-0.3, -0.25) is 0 Å². The Labute approximate surface area is 102 Å². The van der Waals surface area contributed by atoms with E-state index in [0.717, 1.165) is 5.69 Å². The molecule has 2 rings (SSSR count). The van der Waals surface area contributed by atoms with Gasteiger partial charge in [0.2, 0.25) is 0 Å². The van der Waals surface area contributed by atoms with Gasteiger partial charge in [-0.15, -0.1) is 0 Å². The molecule has 0 spiro atoms. The molecule has 2 amide bonds. The second kappa shape index (κ2) is 5.08. The van der Waals surface area contributed by atoms with E-state index < -0.39 is 0 Å². The summed E-state index contributed by atoms with van der Waals surface area (Å²) in [7, 11) is 0. The van der Waals surface area contributed by atoms with Crippen molar-refractivity contribution in [1.29, 1.82) is 0 Å². The van der Waals surface area contributed by atoms with Crippen LogP contribution in [-0.2, 0) is 0 Å². The van der Waals surface area contributed by atoms with E-state index in [0.29, 0.717) is 11.6 Å². The maximum atomic E-state index is 11.7. The Balaban J connectivity index is 1.84. The van der Waals surface area contributed by atoms with Crippen LogP contribution in [0.25, 0.3) is 0 Å². The summed E-state index contributed by atoms with van der Waals surface area (Å²) in [5, 5.41) is 5.75. The lowest BCUT2D eigenvalue weighted by molar-refractivity contribution is 0.222. The molecule has 1 unspecified atom stereocenters. The van der Waals surface area contributed by atoms with E-state index in [2.05, 4.69) is 17.6 Å². The topological polar surface area (TPSA) is 67.2 Å². The molecule has 0 aliphatic heterocycles. The van der Waals surface area contributed by atoms with Gasteiger partial charge in [0.15, 0.2) is 0 Å². The van der Waals surface area contributed by atoms with Crippen molar-refractivity contribution in [2.45, 2.75) is 32.2 Å². The largest absolute Gasteiger partial charge is 0.399 e. The van der Waals surface area contributed by atoms with Gasteiger partial charge in [0.05, 0.1) is 0 Å². The fraction of sp³-hybridized carbons (Fsp3) is 0.462. The minimum atomic E-state index is -0.157. The maximum Gasteiger partial charge on any atom is 0.319 e. The number of hydrogen-bond acceptors (Lipinski definition) is 2. The van der Waals surface area contributed by atoms with Crippen LogP contribution in [0.3, 0.4) is 0 Å². The van der Waals surface area contributed by atoms with E-state index in [4.69, 9.17) is 5.73 Å². The highest BCUT2D eigenvalue weighted by Crippen LogP contribution is 2.29. The molecule has 4 heteroatoms. The second-order valence-corrected chi connectivity index (χ2v) is 4.70. The van der Waals surface area contributed by atoms with E-state index in [1.165, 1.54) is 19.3 Å². The number of nitrogens with one attached hydrogen (secondary N) is 2. The van der Waals surface area contributed by atoms with Crippen LogP contribution in [0.2, 0.25) is 0 Å². The smallest absolute Gasteiger partial charge is 0.319 e. The normalized spacial score (nSPS) is 17.0. The second-order valence-electron chi connectivity index (χ2n) is 4.70. The van der Waals surface area contributed by atoms with Crippen molar-refractivity contribution in [3.8, 4) is 0 Å². The van der Waals surface area contributed by atoms with Crippen molar-refractivity contribution in [2.24, 2.45) is 5.92 Å². The van der Waals surface area contributed by atoms with Gasteiger partial charge in [0.25, 0.3) is 0 Å². The Morgan fingerprint density at radius 2 is 2.24 bits per heavy atom. The molecule has 92 valence electrons. The lowest BCUT2D eigenvalue weighted by Crippen LogP contribution is -2.42. The average molecular weight is 233 g/mol. The maximum absolute atomic E-state index is 11.7. The predicted molar refractivity (Wildman–Crippen MR) is 69.8 cm³/mol. The highest BCUT2D eigenvalue weighted by Gasteiger charge is 2.24. The number of nitrogens with two attached hydrogens (primary N) is 1. The molecule has 4 N–H and O–H groups in total. The summed E-state index contributed by atoms with van der Waals surface area (Å²) in [5.41, 5.74) is 7.02. The molecular formula is C13H19N3O. The third kappa shape index (κ3) is 3.12. The van der Waals surface area contributed by atoms with Crippen molar-refractivity contribution in [3.63, 3.8) is 0 Å². The summed E-state index contributed by atoms with van der Waals surface area (Å²) in [6, 6.07) is 7.26. The van der Waals surface area contributed by atoms with Crippen molar-refractivity contribution >= 4 is 17.4 Å². The lowest BCUT2D eigenvalue weighted by Gasteiger charge is -2.31. The summed E-state index contributed by atoms with van der Waals surface area (Å²) in [6.45, 7) is 2.06. The van der Waals surface area contributed by atoms with Gasteiger partial charge >= 0.3 is 6.03 Å². The molecule has 17 heavy (non-hydrogen) atoms. The van der Waals surface area contributed by atoms with Gasteiger partial charge in [-0.1, -0.05) is 12.5 Å². The zero-order valence-corrected chi connectivity index (χ0v) is 10.1. The molecule has 1 aromatic rings. The summed E-state index contributed by atoms with van der Waals surface area (Å²) >= 11 is 0. The third-order valence-corrected chi connectivity index (χ3v) is 3.36. The molecule has 4 nitrogen and oxygen atoms in total. The minimum absolute atomic E-state index is 0.157. The zero-order chi connectivity index (χ0) is 12.3. The molecule has 0 saturated heterocycles. The average Bonchev–Trinajstić information content (AvgIpc) is 2.13. The van der Waals surface area contributed by atoms with E-state index in [-0.39, 0.29) is 12.1 Å². The molecule has 1 saturated carbocycles. The number of anilines is 2. The van der Waals surface area contributed by atoms with Crippen LogP contribution < -0.4 is 16.4 Å². The summed E-state index contributed by atoms with van der Waals surface area (Å²) in [4.78, 5) is 11.7. The van der Waals surface area contributed by atoms with Gasteiger partial charge in [0, 0.05) is 17.4 Å². The number of carbonyl (C=O) groups is 1. The van der Waals surface area contributed by atoms with E-state index in [9.17, 15) is 4.79 Å². The first-order valence-corrected chi connectivity index (χ1v) is 6.08. The Morgan fingerprint density at radius 1 is 1.47 bits per heavy atom. The monoisotopic (exact) mass is 233 g/mol. The first-order valence-electron chi connectivity index (χ1n) is 6.08. The number of hydrogen-bond donors (Lipinski definition) is 3. The first-order chi connectivity index (χ1) is 8.15. The molecule has 1 aliphatic carbocycles. The molecule has 1 fully saturated rings. The van der Waals surface area contributed by atoms with Crippen molar-refractivity contribution in [2.75, 3.05) is 11.1 Å². The molecule has 1 atom stereocenters. The van der Waals surface area contributed by atoms with E-state index >= 15 is 0 Å². The van der Waals surface area contributed by atoms with Crippen molar-refractivity contribution < 1.29 is 4.79 Å². The summed E-state index contributed by atoms with van der Waals surface area (Å²) in [6.07, 6.45) is 3.73. The SMILES string of the molecule is CC(NC(=O)Nc1cccc(N)c1)C1CCC1. The van der Waals surface area contributed by atoms with E-state index in [1.54, 1.807) is 12.1 Å². The first kappa shape index (κ1) is 11.8. The number of nitrogen functional groups attached to an aromatic ring is 1.